The van der Waals surface area contributed by atoms with Crippen molar-refractivity contribution in [1.82, 2.24) is 14.7 Å². The first kappa shape index (κ1) is 18.1. The maximum atomic E-state index is 12.2. The van der Waals surface area contributed by atoms with E-state index in [1.165, 1.54) is 6.42 Å². The molecule has 24 heavy (non-hydrogen) atoms. The van der Waals surface area contributed by atoms with Crippen LogP contribution in [0.25, 0.3) is 0 Å². The van der Waals surface area contributed by atoms with Crippen LogP contribution < -0.4 is 0 Å². The second kappa shape index (κ2) is 8.61. The smallest absolute Gasteiger partial charge is 0.222 e. The molecular weight excluding hydrogens is 306 g/mol. The molecule has 3 aliphatic heterocycles. The highest BCUT2D eigenvalue weighted by Gasteiger charge is 2.39. The average molecular weight is 339 g/mol. The highest BCUT2D eigenvalue weighted by atomic mass is 16.5. The number of amides is 1. The molecular formula is C18H33N3O3. The Kier molecular flexibility index (Phi) is 6.49. The maximum Gasteiger partial charge on any atom is 0.222 e. The lowest BCUT2D eigenvalue weighted by Crippen LogP contribution is -2.51. The molecule has 3 heterocycles. The van der Waals surface area contributed by atoms with Gasteiger partial charge in [-0.3, -0.25) is 14.6 Å². The lowest BCUT2D eigenvalue weighted by atomic mass is 10.0. The first-order chi connectivity index (χ1) is 11.7. The topological polar surface area (TPSA) is 56.2 Å². The molecule has 3 saturated heterocycles. The van der Waals surface area contributed by atoms with Crippen molar-refractivity contribution in [3.8, 4) is 0 Å². The van der Waals surface area contributed by atoms with Crippen molar-refractivity contribution in [3.63, 3.8) is 0 Å². The number of rotatable bonds is 6. The molecule has 6 heteroatoms. The number of nitrogens with zero attached hydrogens (tertiary/aromatic N) is 3. The van der Waals surface area contributed by atoms with E-state index in [9.17, 15) is 9.90 Å². The van der Waals surface area contributed by atoms with Crippen LogP contribution in [0.3, 0.4) is 0 Å². The fourth-order valence-corrected chi connectivity index (χ4v) is 4.63. The third-order valence-electron chi connectivity index (χ3n) is 5.80. The standard InChI is InChI=1S/C18H33N3O3/c1-2-18(23)21-8-4-6-17(21)16-5-3-7-20(16)14-15(22)13-19-9-11-24-12-10-19/h15-17,22H,2-14H2,1H3. The Morgan fingerprint density at radius 1 is 1.08 bits per heavy atom. The van der Waals surface area contributed by atoms with E-state index >= 15 is 0 Å². The minimum absolute atomic E-state index is 0.290. The van der Waals surface area contributed by atoms with E-state index in [0.717, 1.165) is 71.7 Å². The monoisotopic (exact) mass is 339 g/mol. The number of aliphatic hydroxyl groups is 1. The Labute approximate surface area is 145 Å². The summed E-state index contributed by atoms with van der Waals surface area (Å²) in [5.74, 6) is 0.290. The molecule has 3 atom stereocenters. The molecule has 0 saturated carbocycles. The number of morpholine rings is 1. The van der Waals surface area contributed by atoms with Crippen molar-refractivity contribution >= 4 is 5.91 Å². The van der Waals surface area contributed by atoms with Gasteiger partial charge in [0, 0.05) is 51.2 Å². The van der Waals surface area contributed by atoms with Gasteiger partial charge in [-0.05, 0) is 32.2 Å². The summed E-state index contributed by atoms with van der Waals surface area (Å²) in [5, 5.41) is 10.5. The highest BCUT2D eigenvalue weighted by Crippen LogP contribution is 2.30. The normalized spacial score (nSPS) is 30.8. The van der Waals surface area contributed by atoms with Crippen LogP contribution in [0.4, 0.5) is 0 Å². The highest BCUT2D eigenvalue weighted by molar-refractivity contribution is 5.76. The van der Waals surface area contributed by atoms with Crippen LogP contribution in [0, 0.1) is 0 Å². The summed E-state index contributed by atoms with van der Waals surface area (Å²) in [6, 6.07) is 0.790. The third-order valence-corrected chi connectivity index (χ3v) is 5.80. The zero-order chi connectivity index (χ0) is 16.9. The summed E-state index contributed by atoms with van der Waals surface area (Å²) in [4.78, 5) is 19.1. The summed E-state index contributed by atoms with van der Waals surface area (Å²) in [7, 11) is 0. The maximum absolute atomic E-state index is 12.2. The number of ether oxygens (including phenoxy) is 1. The molecule has 0 spiro atoms. The van der Waals surface area contributed by atoms with Gasteiger partial charge in [0.05, 0.1) is 19.3 Å². The van der Waals surface area contributed by atoms with Gasteiger partial charge in [0.2, 0.25) is 5.91 Å². The Balaban J connectivity index is 1.53. The van der Waals surface area contributed by atoms with Gasteiger partial charge in [0.15, 0.2) is 0 Å². The van der Waals surface area contributed by atoms with Crippen LogP contribution in [-0.2, 0) is 9.53 Å². The lowest BCUT2D eigenvalue weighted by Gasteiger charge is -2.36. The van der Waals surface area contributed by atoms with Crippen LogP contribution in [0.1, 0.15) is 39.0 Å². The van der Waals surface area contributed by atoms with Crippen LogP contribution in [0.2, 0.25) is 0 Å². The van der Waals surface area contributed by atoms with E-state index in [2.05, 4.69) is 14.7 Å². The summed E-state index contributed by atoms with van der Waals surface area (Å²) in [5.41, 5.74) is 0. The molecule has 6 nitrogen and oxygen atoms in total. The summed E-state index contributed by atoms with van der Waals surface area (Å²) >= 11 is 0. The second-order valence-electron chi connectivity index (χ2n) is 7.42. The van der Waals surface area contributed by atoms with E-state index in [0.29, 0.717) is 24.4 Å². The van der Waals surface area contributed by atoms with Gasteiger partial charge in [-0.2, -0.15) is 0 Å². The lowest BCUT2D eigenvalue weighted by molar-refractivity contribution is -0.132. The van der Waals surface area contributed by atoms with Crippen molar-refractivity contribution in [2.75, 3.05) is 52.5 Å². The summed E-state index contributed by atoms with van der Waals surface area (Å²) in [6.07, 6.45) is 4.86. The van der Waals surface area contributed by atoms with Gasteiger partial charge in [0.25, 0.3) is 0 Å². The van der Waals surface area contributed by atoms with E-state index in [4.69, 9.17) is 4.74 Å². The Hall–Kier alpha value is -0.690. The molecule has 1 N–H and O–H groups in total. The number of β-amino-alcohol motifs (C(OH)–C–C–N with tert-alkyl or cyclic N) is 1. The fraction of sp³-hybridized carbons (Fsp3) is 0.944. The quantitative estimate of drug-likeness (QED) is 0.766. The number of carbonyl (C=O) groups is 1. The minimum Gasteiger partial charge on any atom is -0.390 e. The van der Waals surface area contributed by atoms with Crippen molar-refractivity contribution in [3.05, 3.63) is 0 Å². The van der Waals surface area contributed by atoms with Crippen LogP contribution in [-0.4, -0.2) is 96.4 Å². The first-order valence-electron chi connectivity index (χ1n) is 9.70. The summed E-state index contributed by atoms with van der Waals surface area (Å²) < 4.78 is 5.37. The zero-order valence-electron chi connectivity index (χ0n) is 15.0. The predicted octanol–water partition coefficient (Wildman–Crippen LogP) is 0.545. The van der Waals surface area contributed by atoms with Crippen LogP contribution in [0.15, 0.2) is 0 Å². The van der Waals surface area contributed by atoms with E-state index < -0.39 is 0 Å². The number of carbonyl (C=O) groups excluding carboxylic acids is 1. The minimum atomic E-state index is -0.319. The predicted molar refractivity (Wildman–Crippen MR) is 92.9 cm³/mol. The largest absolute Gasteiger partial charge is 0.390 e. The SMILES string of the molecule is CCC(=O)N1CCCC1C1CCCN1CC(O)CN1CCOCC1. The Morgan fingerprint density at radius 3 is 2.54 bits per heavy atom. The van der Waals surface area contributed by atoms with E-state index in [1.807, 2.05) is 6.92 Å². The van der Waals surface area contributed by atoms with Crippen molar-refractivity contribution in [2.24, 2.45) is 0 Å². The van der Waals surface area contributed by atoms with Gasteiger partial charge in [-0.15, -0.1) is 0 Å². The molecule has 3 unspecified atom stereocenters. The molecule has 0 aromatic heterocycles. The molecule has 138 valence electrons. The fourth-order valence-electron chi connectivity index (χ4n) is 4.63. The molecule has 1 amide bonds. The second-order valence-corrected chi connectivity index (χ2v) is 7.42. The van der Waals surface area contributed by atoms with Crippen LogP contribution >= 0.6 is 0 Å². The van der Waals surface area contributed by atoms with Gasteiger partial charge in [0.1, 0.15) is 0 Å². The van der Waals surface area contributed by atoms with Crippen molar-refractivity contribution < 1.29 is 14.6 Å². The molecule has 0 bridgehead atoms. The average Bonchev–Trinajstić information content (AvgIpc) is 3.23. The molecule has 0 radical (unpaired) electrons. The van der Waals surface area contributed by atoms with Gasteiger partial charge in [-0.1, -0.05) is 6.92 Å². The summed E-state index contributed by atoms with van der Waals surface area (Å²) in [6.45, 7) is 8.76. The molecule has 0 aliphatic carbocycles. The van der Waals surface area contributed by atoms with Crippen molar-refractivity contribution in [1.29, 1.82) is 0 Å². The number of hydrogen-bond acceptors (Lipinski definition) is 5. The molecule has 0 aromatic rings. The Morgan fingerprint density at radius 2 is 1.79 bits per heavy atom. The van der Waals surface area contributed by atoms with Crippen LogP contribution in [0.5, 0.6) is 0 Å². The molecule has 3 rings (SSSR count). The van der Waals surface area contributed by atoms with Crippen molar-refractivity contribution in [2.45, 2.75) is 57.2 Å². The molecule has 3 aliphatic rings. The van der Waals surface area contributed by atoms with E-state index in [1.54, 1.807) is 0 Å². The van der Waals surface area contributed by atoms with Gasteiger partial charge in [-0.25, -0.2) is 0 Å². The van der Waals surface area contributed by atoms with E-state index in [-0.39, 0.29) is 6.10 Å². The first-order valence-corrected chi connectivity index (χ1v) is 9.70. The van der Waals surface area contributed by atoms with Gasteiger partial charge >= 0.3 is 0 Å². The number of hydrogen-bond donors (Lipinski definition) is 1. The number of aliphatic hydroxyl groups excluding tert-OH is 1. The molecule has 3 fully saturated rings. The zero-order valence-corrected chi connectivity index (χ0v) is 15.0. The Bertz CT molecular complexity index is 414. The van der Waals surface area contributed by atoms with Gasteiger partial charge < -0.3 is 14.7 Å². The number of likely N-dealkylation sites (tertiary alicyclic amines) is 2. The third kappa shape index (κ3) is 4.28. The molecule has 0 aromatic carbocycles.